The fraction of sp³-hybridized carbons (Fsp3) is 0.182. The van der Waals surface area contributed by atoms with E-state index in [-0.39, 0.29) is 16.5 Å². The molecule has 0 unspecified atom stereocenters. The summed E-state index contributed by atoms with van der Waals surface area (Å²) in [6, 6.07) is 8.38. The van der Waals surface area contributed by atoms with Gasteiger partial charge < -0.3 is 4.74 Å². The maximum absolute atomic E-state index is 13.1. The van der Waals surface area contributed by atoms with Crippen molar-refractivity contribution in [3.05, 3.63) is 80.4 Å². The van der Waals surface area contributed by atoms with Crippen molar-refractivity contribution in [2.45, 2.75) is 19.1 Å². The molecule has 2 aromatic carbocycles. The third-order valence-corrected chi connectivity index (χ3v) is 5.48. The molecule has 0 aliphatic carbocycles. The molecule has 2 aliphatic heterocycles. The predicted molar refractivity (Wildman–Crippen MR) is 109 cm³/mol. The minimum atomic E-state index is -4.50. The molecule has 5 rings (SSSR count). The maximum atomic E-state index is 13.1. The molecule has 4 nitrogen and oxygen atoms in total. The second-order valence-electron chi connectivity index (χ2n) is 7.23. The zero-order valence-electron chi connectivity index (χ0n) is 15.5. The van der Waals surface area contributed by atoms with E-state index in [1.54, 1.807) is 18.2 Å². The van der Waals surface area contributed by atoms with Crippen LogP contribution in [0.25, 0.3) is 22.6 Å². The van der Waals surface area contributed by atoms with Crippen molar-refractivity contribution < 1.29 is 17.9 Å². The summed E-state index contributed by atoms with van der Waals surface area (Å²) >= 11 is 6.05. The molecule has 1 aromatic heterocycles. The number of hydrogen-bond donors (Lipinski definition) is 0. The lowest BCUT2D eigenvalue weighted by Gasteiger charge is -2.16. The largest absolute Gasteiger partial charge is 0.488 e. The van der Waals surface area contributed by atoms with Crippen LogP contribution in [0.3, 0.4) is 0 Å². The van der Waals surface area contributed by atoms with Crippen LogP contribution in [0.5, 0.6) is 5.75 Å². The van der Waals surface area contributed by atoms with Gasteiger partial charge >= 0.3 is 6.18 Å². The molecular formula is C22H14ClF3N2O2. The highest BCUT2D eigenvalue weighted by molar-refractivity contribution is 6.30. The van der Waals surface area contributed by atoms with Crippen LogP contribution >= 0.6 is 11.6 Å². The molecule has 152 valence electrons. The van der Waals surface area contributed by atoms with Crippen molar-refractivity contribution in [1.82, 2.24) is 9.55 Å². The normalized spacial score (nSPS) is 16.9. The number of nitrogens with zero attached hydrogens (tertiary/aromatic N) is 2. The van der Waals surface area contributed by atoms with Crippen LogP contribution in [-0.2, 0) is 12.7 Å². The van der Waals surface area contributed by atoms with Gasteiger partial charge in [-0.25, -0.2) is 4.98 Å². The Balaban J connectivity index is 1.60. The van der Waals surface area contributed by atoms with Gasteiger partial charge in [0.1, 0.15) is 18.2 Å². The summed E-state index contributed by atoms with van der Waals surface area (Å²) in [7, 11) is 0. The molecule has 0 amide bonds. The second kappa shape index (κ2) is 6.74. The topological polar surface area (TPSA) is 44.1 Å². The summed E-state index contributed by atoms with van der Waals surface area (Å²) in [4.78, 5) is 17.2. The average molecular weight is 431 g/mol. The number of hydrogen-bond acceptors (Lipinski definition) is 3. The Morgan fingerprint density at radius 2 is 2.00 bits per heavy atom. The minimum absolute atomic E-state index is 0.0416. The van der Waals surface area contributed by atoms with Gasteiger partial charge in [0.2, 0.25) is 0 Å². The smallest absolute Gasteiger partial charge is 0.416 e. The van der Waals surface area contributed by atoms with Crippen LogP contribution in [0.1, 0.15) is 23.4 Å². The first kappa shape index (κ1) is 18.9. The molecule has 0 saturated carbocycles. The summed E-state index contributed by atoms with van der Waals surface area (Å²) in [6.07, 6.45) is -0.108. The molecule has 0 saturated heterocycles. The summed E-state index contributed by atoms with van der Waals surface area (Å²) in [5.41, 5.74) is 1.38. The molecule has 0 atom stereocenters. The van der Waals surface area contributed by atoms with Crippen molar-refractivity contribution >= 4 is 34.2 Å². The van der Waals surface area contributed by atoms with E-state index >= 15 is 0 Å². The molecule has 0 bridgehead atoms. The molecular weight excluding hydrogens is 417 g/mol. The first-order chi connectivity index (χ1) is 14.3. The van der Waals surface area contributed by atoms with Crippen molar-refractivity contribution in [1.29, 1.82) is 0 Å². The van der Waals surface area contributed by atoms with Crippen molar-refractivity contribution in [3.63, 3.8) is 0 Å². The minimum Gasteiger partial charge on any atom is -0.488 e. The summed E-state index contributed by atoms with van der Waals surface area (Å²) < 4.78 is 46.5. The van der Waals surface area contributed by atoms with Crippen molar-refractivity contribution in [2.75, 3.05) is 6.61 Å². The predicted octanol–water partition coefficient (Wildman–Crippen LogP) is 5.33. The van der Waals surface area contributed by atoms with E-state index in [1.807, 2.05) is 12.2 Å². The van der Waals surface area contributed by atoms with Gasteiger partial charge in [-0.15, -0.1) is 0 Å². The molecule has 3 heterocycles. The Kier molecular flexibility index (Phi) is 4.25. The van der Waals surface area contributed by atoms with Crippen LogP contribution in [0.4, 0.5) is 13.2 Å². The third kappa shape index (κ3) is 3.19. The van der Waals surface area contributed by atoms with Gasteiger partial charge in [0, 0.05) is 17.1 Å². The average Bonchev–Trinajstić information content (AvgIpc) is 3.09. The van der Waals surface area contributed by atoms with Gasteiger partial charge in [-0.1, -0.05) is 11.6 Å². The zero-order chi connectivity index (χ0) is 21.0. The third-order valence-electron chi connectivity index (χ3n) is 5.24. The van der Waals surface area contributed by atoms with Crippen LogP contribution in [0.15, 0.2) is 52.8 Å². The number of benzene rings is 2. The summed E-state index contributed by atoms with van der Waals surface area (Å²) in [6.45, 7) is 0.773. The number of allylic oxidation sites excluding steroid dienone is 1. The molecule has 0 fully saturated rings. The first-order valence-electron chi connectivity index (χ1n) is 9.25. The van der Waals surface area contributed by atoms with E-state index in [4.69, 9.17) is 16.3 Å². The Bertz CT molecular complexity index is 1320. The van der Waals surface area contributed by atoms with Crippen LogP contribution in [0, 0.1) is 0 Å². The standard InChI is InChI=1S/C22H14ClF3N2O2/c23-16-2-4-19-14(9-16)8-12(11-30-19)7-13-5-6-28-20(13)27-18-10-15(22(24,25)26)1-3-17(18)21(28)29/h1-4,7-10H,5-6,11H2/b13-7+. The Morgan fingerprint density at radius 3 is 2.80 bits per heavy atom. The number of rotatable bonds is 1. The fourth-order valence-electron chi connectivity index (χ4n) is 3.80. The number of fused-ring (bicyclic) bond motifs is 3. The van der Waals surface area contributed by atoms with E-state index < -0.39 is 11.7 Å². The van der Waals surface area contributed by atoms with E-state index in [0.29, 0.717) is 30.4 Å². The molecule has 8 heteroatoms. The Hall–Kier alpha value is -3.06. The Labute approximate surface area is 173 Å². The molecule has 0 N–H and O–H groups in total. The van der Waals surface area contributed by atoms with Crippen molar-refractivity contribution in [2.24, 2.45) is 0 Å². The summed E-state index contributed by atoms with van der Waals surface area (Å²) in [5, 5.41) is 0.769. The fourth-order valence-corrected chi connectivity index (χ4v) is 3.98. The lowest BCUT2D eigenvalue weighted by molar-refractivity contribution is -0.137. The number of aromatic nitrogens is 2. The van der Waals surface area contributed by atoms with E-state index in [1.165, 1.54) is 10.6 Å². The highest BCUT2D eigenvalue weighted by Gasteiger charge is 2.31. The maximum Gasteiger partial charge on any atom is 0.416 e. The Morgan fingerprint density at radius 1 is 1.17 bits per heavy atom. The van der Waals surface area contributed by atoms with Crippen LogP contribution in [-0.4, -0.2) is 16.2 Å². The van der Waals surface area contributed by atoms with Crippen LogP contribution in [0.2, 0.25) is 5.02 Å². The molecule has 0 radical (unpaired) electrons. The SMILES string of the molecule is O=c1c2ccc(C(F)(F)F)cc2nc2n1CC/C2=C\C1=Cc2cc(Cl)ccc2OC1. The number of halogens is 4. The van der Waals surface area contributed by atoms with Gasteiger partial charge in [0.25, 0.3) is 5.56 Å². The lowest BCUT2D eigenvalue weighted by Crippen LogP contribution is -2.21. The van der Waals surface area contributed by atoms with Gasteiger partial charge in [-0.3, -0.25) is 9.36 Å². The van der Waals surface area contributed by atoms with E-state index in [2.05, 4.69) is 4.98 Å². The van der Waals surface area contributed by atoms with E-state index in [9.17, 15) is 18.0 Å². The van der Waals surface area contributed by atoms with Gasteiger partial charge in [-0.2, -0.15) is 13.2 Å². The highest BCUT2D eigenvalue weighted by atomic mass is 35.5. The quantitative estimate of drug-likeness (QED) is 0.524. The van der Waals surface area contributed by atoms with Gasteiger partial charge in [0.15, 0.2) is 0 Å². The van der Waals surface area contributed by atoms with E-state index in [0.717, 1.165) is 34.6 Å². The first-order valence-corrected chi connectivity index (χ1v) is 9.63. The number of ether oxygens (including phenoxy) is 1. The number of alkyl halides is 3. The van der Waals surface area contributed by atoms with Gasteiger partial charge in [0.05, 0.1) is 16.5 Å². The second-order valence-corrected chi connectivity index (χ2v) is 7.67. The monoisotopic (exact) mass is 430 g/mol. The lowest BCUT2D eigenvalue weighted by atomic mass is 10.0. The molecule has 3 aromatic rings. The zero-order valence-corrected chi connectivity index (χ0v) is 16.2. The summed E-state index contributed by atoms with van der Waals surface area (Å²) in [5.74, 6) is 1.12. The molecule has 0 spiro atoms. The van der Waals surface area contributed by atoms with Gasteiger partial charge in [-0.05, 0) is 66.1 Å². The molecule has 2 aliphatic rings. The van der Waals surface area contributed by atoms with Crippen LogP contribution < -0.4 is 10.3 Å². The van der Waals surface area contributed by atoms with Crippen molar-refractivity contribution in [3.8, 4) is 5.75 Å². The highest BCUT2D eigenvalue weighted by Crippen LogP contribution is 2.34. The molecule has 30 heavy (non-hydrogen) atoms.